The summed E-state index contributed by atoms with van der Waals surface area (Å²) in [7, 11) is 0. The van der Waals surface area contributed by atoms with Gasteiger partial charge in [0, 0.05) is 47.1 Å². The molecule has 0 fully saturated rings. The predicted octanol–water partition coefficient (Wildman–Crippen LogP) is 5.48. The molecule has 5 rings (SSSR count). The summed E-state index contributed by atoms with van der Waals surface area (Å²) in [4.78, 5) is 33.7. The molecule has 0 aliphatic carbocycles. The normalized spacial score (nSPS) is 10.6. The van der Waals surface area contributed by atoms with E-state index < -0.39 is 6.09 Å². The number of hydrogen-bond acceptors (Lipinski definition) is 9. The Bertz CT molecular complexity index is 1450. The third kappa shape index (κ3) is 5.25. The SMILES string of the molecule is O=C(Nc1cccc(Nc2nccc(-c3cccnc3)n2)c1)OSc1ccc2cccnc2n1. The number of nitrogens with zero attached hydrogens (tertiary/aromatic N) is 5. The summed E-state index contributed by atoms with van der Waals surface area (Å²) in [5.74, 6) is 0.424. The quantitative estimate of drug-likeness (QED) is 0.313. The van der Waals surface area contributed by atoms with E-state index in [-0.39, 0.29) is 0 Å². The van der Waals surface area contributed by atoms with E-state index in [1.807, 2.05) is 42.5 Å². The Morgan fingerprint density at radius 3 is 2.68 bits per heavy atom. The maximum Gasteiger partial charge on any atom is 0.424 e. The summed E-state index contributed by atoms with van der Waals surface area (Å²) in [6.07, 6.45) is 6.16. The highest BCUT2D eigenvalue weighted by molar-refractivity contribution is 7.95. The maximum absolute atomic E-state index is 12.3. The lowest BCUT2D eigenvalue weighted by atomic mass is 10.2. The second-order valence-electron chi connectivity index (χ2n) is 6.99. The molecule has 2 N–H and O–H groups in total. The summed E-state index contributed by atoms with van der Waals surface area (Å²) in [5, 5.41) is 7.29. The van der Waals surface area contributed by atoms with E-state index in [0.29, 0.717) is 28.0 Å². The van der Waals surface area contributed by atoms with Crippen LogP contribution in [-0.4, -0.2) is 31.0 Å². The van der Waals surface area contributed by atoms with Gasteiger partial charge in [-0.25, -0.2) is 24.7 Å². The number of pyridine rings is 3. The zero-order valence-corrected chi connectivity index (χ0v) is 18.4. The van der Waals surface area contributed by atoms with Crippen molar-refractivity contribution >= 4 is 46.5 Å². The Morgan fingerprint density at radius 2 is 1.76 bits per heavy atom. The van der Waals surface area contributed by atoms with Crippen LogP contribution in [0.25, 0.3) is 22.3 Å². The van der Waals surface area contributed by atoms with Crippen LogP contribution in [0.15, 0.2) is 96.5 Å². The van der Waals surface area contributed by atoms with Crippen molar-refractivity contribution in [3.8, 4) is 11.3 Å². The lowest BCUT2D eigenvalue weighted by Crippen LogP contribution is -2.10. The Balaban J connectivity index is 1.21. The number of benzene rings is 1. The van der Waals surface area contributed by atoms with Gasteiger partial charge in [-0.2, -0.15) is 0 Å². The Kier molecular flexibility index (Phi) is 6.21. The van der Waals surface area contributed by atoms with E-state index in [1.54, 1.807) is 49.1 Å². The Hall–Kier alpha value is -4.57. The fourth-order valence-electron chi connectivity index (χ4n) is 3.10. The van der Waals surface area contributed by atoms with Crippen LogP contribution < -0.4 is 10.6 Å². The van der Waals surface area contributed by atoms with Gasteiger partial charge in [-0.1, -0.05) is 6.07 Å². The fraction of sp³-hybridized carbons (Fsp3) is 0. The summed E-state index contributed by atoms with van der Waals surface area (Å²) in [5.41, 5.74) is 3.48. The topological polar surface area (TPSA) is 115 Å². The van der Waals surface area contributed by atoms with Crippen LogP contribution in [0.3, 0.4) is 0 Å². The molecule has 1 aromatic carbocycles. The highest BCUT2D eigenvalue weighted by Gasteiger charge is 2.09. The Labute approximate surface area is 198 Å². The minimum absolute atomic E-state index is 0.424. The van der Waals surface area contributed by atoms with Crippen molar-refractivity contribution < 1.29 is 8.98 Å². The van der Waals surface area contributed by atoms with Crippen molar-refractivity contribution in [2.75, 3.05) is 10.6 Å². The van der Waals surface area contributed by atoms with E-state index in [1.165, 1.54) is 0 Å². The molecule has 5 aromatic rings. The first kappa shape index (κ1) is 21.3. The van der Waals surface area contributed by atoms with Crippen LogP contribution in [-0.2, 0) is 4.18 Å². The number of fused-ring (bicyclic) bond motifs is 1. The first-order valence-electron chi connectivity index (χ1n) is 10.2. The van der Waals surface area contributed by atoms with Crippen LogP contribution in [0.4, 0.5) is 22.1 Å². The number of nitrogens with one attached hydrogen (secondary N) is 2. The molecule has 9 nitrogen and oxygen atoms in total. The van der Waals surface area contributed by atoms with E-state index in [9.17, 15) is 4.79 Å². The number of hydrogen-bond donors (Lipinski definition) is 2. The highest BCUT2D eigenvalue weighted by Crippen LogP contribution is 2.23. The molecule has 34 heavy (non-hydrogen) atoms. The summed E-state index contributed by atoms with van der Waals surface area (Å²) < 4.78 is 5.23. The molecular formula is C24H17N7O2S. The van der Waals surface area contributed by atoms with E-state index in [0.717, 1.165) is 28.7 Å². The summed E-state index contributed by atoms with van der Waals surface area (Å²) >= 11 is 0.865. The van der Waals surface area contributed by atoms with E-state index in [2.05, 4.69) is 35.6 Å². The molecule has 0 atom stereocenters. The third-order valence-corrected chi connectivity index (χ3v) is 5.25. The minimum Gasteiger partial charge on any atom is -0.368 e. The number of aromatic nitrogens is 5. The smallest absolute Gasteiger partial charge is 0.368 e. The van der Waals surface area contributed by atoms with Crippen molar-refractivity contribution in [1.82, 2.24) is 24.9 Å². The van der Waals surface area contributed by atoms with Crippen molar-refractivity contribution in [3.63, 3.8) is 0 Å². The summed E-state index contributed by atoms with van der Waals surface area (Å²) in [6.45, 7) is 0. The minimum atomic E-state index is -0.625. The zero-order chi connectivity index (χ0) is 23.2. The van der Waals surface area contributed by atoms with Gasteiger partial charge in [-0.05, 0) is 60.7 Å². The molecule has 0 unspecified atom stereocenters. The van der Waals surface area contributed by atoms with E-state index >= 15 is 0 Å². The molecule has 0 spiro atoms. The number of anilines is 3. The van der Waals surface area contributed by atoms with Crippen molar-refractivity contribution in [2.45, 2.75) is 5.03 Å². The van der Waals surface area contributed by atoms with Gasteiger partial charge < -0.3 is 9.50 Å². The monoisotopic (exact) mass is 467 g/mol. The van der Waals surface area contributed by atoms with Gasteiger partial charge in [-0.15, -0.1) is 0 Å². The number of carbonyl (C=O) groups excluding carboxylic acids is 1. The standard InChI is InChI=1S/C24H17N7O2S/c32-24(33-34-21-9-8-16-4-3-12-26-22(16)31-21)29-19-7-1-6-18(14-19)28-23-27-13-10-20(30-23)17-5-2-11-25-15-17/h1-15H,(H,29,32)(H,27,28,30). The second-order valence-corrected chi connectivity index (χ2v) is 7.74. The van der Waals surface area contributed by atoms with Crippen LogP contribution in [0, 0.1) is 0 Å². The lowest BCUT2D eigenvalue weighted by Gasteiger charge is -2.09. The largest absolute Gasteiger partial charge is 0.424 e. The molecular weight excluding hydrogens is 450 g/mol. The average Bonchev–Trinajstić information content (AvgIpc) is 2.88. The van der Waals surface area contributed by atoms with Gasteiger partial charge >= 0.3 is 6.09 Å². The van der Waals surface area contributed by atoms with Gasteiger partial charge in [0.25, 0.3) is 0 Å². The van der Waals surface area contributed by atoms with Gasteiger partial charge in [0.2, 0.25) is 5.95 Å². The van der Waals surface area contributed by atoms with E-state index in [4.69, 9.17) is 4.18 Å². The van der Waals surface area contributed by atoms with Crippen molar-refractivity contribution in [1.29, 1.82) is 0 Å². The van der Waals surface area contributed by atoms with Crippen LogP contribution in [0.5, 0.6) is 0 Å². The zero-order valence-electron chi connectivity index (χ0n) is 17.6. The molecule has 4 heterocycles. The van der Waals surface area contributed by atoms with Gasteiger partial charge in [0.1, 0.15) is 17.1 Å². The van der Waals surface area contributed by atoms with Gasteiger partial charge in [-0.3, -0.25) is 10.3 Å². The first-order valence-corrected chi connectivity index (χ1v) is 10.9. The van der Waals surface area contributed by atoms with Crippen molar-refractivity contribution in [3.05, 3.63) is 91.5 Å². The third-order valence-electron chi connectivity index (χ3n) is 4.62. The molecule has 0 aliphatic rings. The average molecular weight is 468 g/mol. The van der Waals surface area contributed by atoms with Crippen LogP contribution >= 0.6 is 12.0 Å². The lowest BCUT2D eigenvalue weighted by molar-refractivity contribution is 0.222. The maximum atomic E-state index is 12.3. The summed E-state index contributed by atoms with van der Waals surface area (Å²) in [6, 6.07) is 20.1. The fourth-order valence-corrected chi connectivity index (χ4v) is 3.55. The second kappa shape index (κ2) is 9.92. The molecule has 10 heteroatoms. The molecule has 166 valence electrons. The number of rotatable bonds is 6. The molecule has 0 radical (unpaired) electrons. The molecule has 4 aromatic heterocycles. The van der Waals surface area contributed by atoms with Gasteiger partial charge in [0.15, 0.2) is 5.65 Å². The van der Waals surface area contributed by atoms with Crippen LogP contribution in [0.2, 0.25) is 0 Å². The molecule has 0 saturated carbocycles. The molecule has 0 aliphatic heterocycles. The Morgan fingerprint density at radius 1 is 0.853 bits per heavy atom. The number of carbonyl (C=O) groups is 1. The number of amides is 1. The predicted molar refractivity (Wildman–Crippen MR) is 130 cm³/mol. The molecule has 1 amide bonds. The van der Waals surface area contributed by atoms with Crippen LogP contribution in [0.1, 0.15) is 0 Å². The molecule has 0 saturated heterocycles. The highest BCUT2D eigenvalue weighted by atomic mass is 32.2. The molecule has 0 bridgehead atoms. The first-order chi connectivity index (χ1) is 16.7. The van der Waals surface area contributed by atoms with Gasteiger partial charge in [0.05, 0.1) is 5.69 Å². The van der Waals surface area contributed by atoms with Crippen molar-refractivity contribution in [2.24, 2.45) is 0 Å².